The zero-order valence-electron chi connectivity index (χ0n) is 11.2. The van der Waals surface area contributed by atoms with Crippen LogP contribution < -0.4 is 0 Å². The van der Waals surface area contributed by atoms with Gasteiger partial charge in [0.1, 0.15) is 6.26 Å². The maximum absolute atomic E-state index is 12.1. The Morgan fingerprint density at radius 1 is 1.35 bits per heavy atom. The molecule has 5 nitrogen and oxygen atoms in total. The van der Waals surface area contributed by atoms with Crippen LogP contribution in [-0.2, 0) is 6.54 Å². The fourth-order valence-electron chi connectivity index (χ4n) is 2.62. The molecule has 0 amide bonds. The number of pyridine rings is 1. The molecular formula is C15H17N3O2. The molecule has 0 bridgehead atoms. The van der Waals surface area contributed by atoms with Gasteiger partial charge < -0.3 is 4.42 Å². The van der Waals surface area contributed by atoms with Crippen LogP contribution in [0.25, 0.3) is 0 Å². The van der Waals surface area contributed by atoms with Crippen LogP contribution in [0.4, 0.5) is 0 Å². The van der Waals surface area contributed by atoms with Gasteiger partial charge >= 0.3 is 0 Å². The molecule has 0 radical (unpaired) electrons. The highest BCUT2D eigenvalue weighted by molar-refractivity contribution is 5.93. The number of piperidine rings is 1. The zero-order valence-corrected chi connectivity index (χ0v) is 11.2. The molecule has 20 heavy (non-hydrogen) atoms. The summed E-state index contributed by atoms with van der Waals surface area (Å²) in [5, 5.41) is 0. The van der Waals surface area contributed by atoms with Crippen molar-refractivity contribution in [2.45, 2.75) is 19.4 Å². The van der Waals surface area contributed by atoms with Crippen molar-refractivity contribution in [2.24, 2.45) is 5.92 Å². The second-order valence-electron chi connectivity index (χ2n) is 5.11. The number of ketones is 1. The Hall–Kier alpha value is -2.01. The van der Waals surface area contributed by atoms with Gasteiger partial charge in [0.15, 0.2) is 0 Å². The quantitative estimate of drug-likeness (QED) is 0.798. The van der Waals surface area contributed by atoms with Crippen molar-refractivity contribution < 1.29 is 9.21 Å². The molecule has 0 atom stereocenters. The number of hydrogen-bond donors (Lipinski definition) is 0. The van der Waals surface area contributed by atoms with E-state index < -0.39 is 0 Å². The molecular weight excluding hydrogens is 254 g/mol. The number of likely N-dealkylation sites (tertiary alicyclic amines) is 1. The molecule has 104 valence electrons. The summed E-state index contributed by atoms with van der Waals surface area (Å²) in [7, 11) is 0. The Bertz CT molecular complexity index is 546. The van der Waals surface area contributed by atoms with Crippen LogP contribution in [0.15, 0.2) is 41.4 Å². The zero-order chi connectivity index (χ0) is 13.8. The number of oxazole rings is 1. The molecule has 0 unspecified atom stereocenters. The van der Waals surface area contributed by atoms with Gasteiger partial charge in [0, 0.05) is 24.9 Å². The molecule has 0 aromatic carbocycles. The van der Waals surface area contributed by atoms with Crippen LogP contribution in [0.2, 0.25) is 0 Å². The highest BCUT2D eigenvalue weighted by Gasteiger charge is 2.28. The predicted octanol–water partition coefficient (Wildman–Crippen LogP) is 2.16. The highest BCUT2D eigenvalue weighted by atomic mass is 16.3. The molecule has 3 heterocycles. The van der Waals surface area contributed by atoms with E-state index in [2.05, 4.69) is 20.9 Å². The van der Waals surface area contributed by atoms with Crippen molar-refractivity contribution in [2.75, 3.05) is 13.1 Å². The smallest absolute Gasteiger partial charge is 0.263 e. The molecule has 1 aliphatic rings. The second-order valence-corrected chi connectivity index (χ2v) is 5.11. The molecule has 2 aromatic rings. The lowest BCUT2D eigenvalue weighted by molar-refractivity contribution is 0.0799. The first-order chi connectivity index (χ1) is 9.83. The van der Waals surface area contributed by atoms with Crippen molar-refractivity contribution >= 4 is 5.78 Å². The Kier molecular flexibility index (Phi) is 3.87. The summed E-state index contributed by atoms with van der Waals surface area (Å²) in [4.78, 5) is 22.6. The van der Waals surface area contributed by atoms with Crippen LogP contribution in [0.1, 0.15) is 29.1 Å². The fourth-order valence-corrected chi connectivity index (χ4v) is 2.62. The number of aromatic nitrogens is 2. The van der Waals surface area contributed by atoms with Crippen LogP contribution in [0.3, 0.4) is 0 Å². The lowest BCUT2D eigenvalue weighted by atomic mass is 9.92. The summed E-state index contributed by atoms with van der Waals surface area (Å²) in [5.74, 6) is 0.325. The molecule has 1 saturated heterocycles. The average molecular weight is 271 g/mol. The Morgan fingerprint density at radius 2 is 2.20 bits per heavy atom. The van der Waals surface area contributed by atoms with E-state index in [1.165, 1.54) is 18.0 Å². The largest absolute Gasteiger partial charge is 0.442 e. The second kappa shape index (κ2) is 5.96. The van der Waals surface area contributed by atoms with Crippen molar-refractivity contribution in [3.63, 3.8) is 0 Å². The number of carbonyl (C=O) groups excluding carboxylic acids is 1. The van der Waals surface area contributed by atoms with Crippen LogP contribution in [0.5, 0.6) is 0 Å². The van der Waals surface area contributed by atoms with Gasteiger partial charge in [-0.15, -0.1) is 0 Å². The van der Waals surface area contributed by atoms with E-state index in [4.69, 9.17) is 4.42 Å². The monoisotopic (exact) mass is 271 g/mol. The summed E-state index contributed by atoms with van der Waals surface area (Å²) in [6.45, 7) is 2.74. The van der Waals surface area contributed by atoms with E-state index in [1.54, 1.807) is 6.20 Å². The SMILES string of the molecule is O=C(c1ncco1)C1CCN(Cc2cccnc2)CC1. The Morgan fingerprint density at radius 3 is 2.85 bits per heavy atom. The molecule has 5 heteroatoms. The van der Waals surface area contributed by atoms with Gasteiger partial charge in [0.2, 0.25) is 5.78 Å². The van der Waals surface area contributed by atoms with Crippen molar-refractivity contribution in [3.05, 3.63) is 48.4 Å². The summed E-state index contributed by atoms with van der Waals surface area (Å²) in [6.07, 6.45) is 8.37. The first kappa shape index (κ1) is 13.0. The van der Waals surface area contributed by atoms with Gasteiger partial charge in [0.05, 0.1) is 6.20 Å². The fraction of sp³-hybridized carbons (Fsp3) is 0.400. The molecule has 0 N–H and O–H groups in total. The van der Waals surface area contributed by atoms with Gasteiger partial charge in [-0.1, -0.05) is 6.07 Å². The first-order valence-electron chi connectivity index (χ1n) is 6.88. The van der Waals surface area contributed by atoms with E-state index >= 15 is 0 Å². The standard InChI is InChI=1S/C15H17N3O2/c19-14(15-17-6-9-20-15)13-3-7-18(8-4-13)11-12-2-1-5-16-10-12/h1-2,5-6,9-10,13H,3-4,7-8,11H2. The van der Waals surface area contributed by atoms with Gasteiger partial charge in [0.25, 0.3) is 5.89 Å². The minimum Gasteiger partial charge on any atom is -0.442 e. The number of carbonyl (C=O) groups is 1. The summed E-state index contributed by atoms with van der Waals surface area (Å²) in [6, 6.07) is 4.03. The van der Waals surface area contributed by atoms with Gasteiger partial charge in [-0.25, -0.2) is 4.98 Å². The Labute approximate surface area is 117 Å². The Balaban J connectivity index is 1.53. The number of hydrogen-bond acceptors (Lipinski definition) is 5. The third-order valence-corrected chi connectivity index (χ3v) is 3.73. The van der Waals surface area contributed by atoms with Gasteiger partial charge in [-0.2, -0.15) is 0 Å². The van der Waals surface area contributed by atoms with E-state index in [-0.39, 0.29) is 17.6 Å². The maximum Gasteiger partial charge on any atom is 0.263 e. The minimum absolute atomic E-state index is 0.0380. The number of Topliss-reactive ketones (excluding diaryl/α,β-unsaturated/α-hetero) is 1. The highest BCUT2D eigenvalue weighted by Crippen LogP contribution is 2.22. The molecule has 2 aromatic heterocycles. The lowest BCUT2D eigenvalue weighted by Crippen LogP contribution is -2.36. The summed E-state index contributed by atoms with van der Waals surface area (Å²) in [5.41, 5.74) is 1.21. The first-order valence-corrected chi connectivity index (χ1v) is 6.88. The van der Waals surface area contributed by atoms with Crippen molar-refractivity contribution in [3.8, 4) is 0 Å². The maximum atomic E-state index is 12.1. The van der Waals surface area contributed by atoms with E-state index in [9.17, 15) is 4.79 Å². The van der Waals surface area contributed by atoms with E-state index in [0.717, 1.165) is 32.5 Å². The summed E-state index contributed by atoms with van der Waals surface area (Å²) < 4.78 is 5.09. The third kappa shape index (κ3) is 2.93. The van der Waals surface area contributed by atoms with Crippen LogP contribution in [0, 0.1) is 5.92 Å². The molecule has 1 aliphatic heterocycles. The van der Waals surface area contributed by atoms with Crippen LogP contribution >= 0.6 is 0 Å². The minimum atomic E-state index is 0.0380. The number of rotatable bonds is 4. The van der Waals surface area contributed by atoms with Gasteiger partial charge in [-0.05, 0) is 37.6 Å². The summed E-state index contributed by atoms with van der Waals surface area (Å²) >= 11 is 0. The lowest BCUT2D eigenvalue weighted by Gasteiger charge is -2.30. The van der Waals surface area contributed by atoms with Crippen molar-refractivity contribution in [1.82, 2.24) is 14.9 Å². The predicted molar refractivity (Wildman–Crippen MR) is 73.1 cm³/mol. The normalized spacial score (nSPS) is 17.2. The van der Waals surface area contributed by atoms with Crippen molar-refractivity contribution in [1.29, 1.82) is 0 Å². The van der Waals surface area contributed by atoms with Gasteiger partial charge in [-0.3, -0.25) is 14.7 Å². The average Bonchev–Trinajstić information content (AvgIpc) is 3.03. The molecule has 3 rings (SSSR count). The molecule has 0 saturated carbocycles. The molecule has 0 aliphatic carbocycles. The molecule has 0 spiro atoms. The van der Waals surface area contributed by atoms with Crippen LogP contribution in [-0.4, -0.2) is 33.7 Å². The molecule has 1 fully saturated rings. The topological polar surface area (TPSA) is 59.2 Å². The van der Waals surface area contributed by atoms with E-state index in [1.807, 2.05) is 12.3 Å². The third-order valence-electron chi connectivity index (χ3n) is 3.73. The van der Waals surface area contributed by atoms with E-state index in [0.29, 0.717) is 0 Å². The number of nitrogens with zero attached hydrogens (tertiary/aromatic N) is 3.